The number of para-hydroxylation sites is 9. The molecule has 5 heterocycles. The molecule has 0 fully saturated rings. The summed E-state index contributed by atoms with van der Waals surface area (Å²) in [6, 6.07) is 95.6. The Morgan fingerprint density at radius 3 is 1.30 bits per heavy atom. The third kappa shape index (κ3) is 20.0. The van der Waals surface area contributed by atoms with Crippen molar-refractivity contribution < 1.29 is 14.3 Å². The van der Waals surface area contributed by atoms with Gasteiger partial charge in [-0.1, -0.05) is 200 Å². The van der Waals surface area contributed by atoms with Crippen LogP contribution in [0.4, 0.5) is 90.1 Å². The first kappa shape index (κ1) is 89.1. The number of aromatic nitrogens is 4. The Kier molecular flexibility index (Phi) is 26.7. The number of nitrogen functional groups attached to an aromatic ring is 4. The molecule has 20 nitrogen and oxygen atoms in total. The minimum Gasteiger partial charge on any atom is -0.450 e. The molecule has 0 saturated carbocycles. The van der Waals surface area contributed by atoms with Gasteiger partial charge >= 0.3 is 6.09 Å². The predicted octanol–water partition coefficient (Wildman–Crippen LogP) is 25.7. The third-order valence-electron chi connectivity index (χ3n) is 23.6. The van der Waals surface area contributed by atoms with Crippen LogP contribution in [0.2, 0.25) is 0 Å². The van der Waals surface area contributed by atoms with Crippen LogP contribution in [0.1, 0.15) is 62.6 Å². The molecule has 132 heavy (non-hydrogen) atoms. The molecular weight excluding hydrogens is 1630 g/mol. The summed E-state index contributed by atoms with van der Waals surface area (Å²) < 4.78 is 5.05. The number of nitrogens with one attached hydrogen (secondary N) is 8. The van der Waals surface area contributed by atoms with Crippen molar-refractivity contribution in [2.45, 2.75) is 75.3 Å². The number of nitrogens with two attached hydrogens (primary N) is 4. The van der Waals surface area contributed by atoms with Crippen molar-refractivity contribution in [1.82, 2.24) is 30.2 Å². The number of allylic oxidation sites excluding steroid dienone is 2. The number of aryl methyl sites for hydroxylation is 9. The number of fused-ring (bicyclic) bond motifs is 10. The lowest BCUT2D eigenvalue weighted by Gasteiger charge is -2.35. The number of carbonyl (C=O) groups is 2. The lowest BCUT2D eigenvalue weighted by atomic mass is 9.85. The van der Waals surface area contributed by atoms with Gasteiger partial charge < -0.3 is 69.8 Å². The van der Waals surface area contributed by atoms with Crippen LogP contribution in [0.25, 0.3) is 92.9 Å². The first-order valence-electron chi connectivity index (χ1n) is 44.3. The number of anilines is 15. The van der Waals surface area contributed by atoms with E-state index in [4.69, 9.17) is 47.6 Å². The average Bonchev–Trinajstić information content (AvgIpc) is 0.763. The zero-order valence-electron chi connectivity index (χ0n) is 76.3. The normalized spacial score (nSPS) is 12.4. The van der Waals surface area contributed by atoms with E-state index in [0.29, 0.717) is 24.4 Å². The van der Waals surface area contributed by atoms with E-state index in [-0.39, 0.29) is 11.9 Å². The molecule has 1 aliphatic carbocycles. The largest absolute Gasteiger partial charge is 0.450 e. The number of benzene rings is 14. The molecule has 18 aromatic rings. The van der Waals surface area contributed by atoms with Gasteiger partial charge in [0.15, 0.2) is 0 Å². The van der Waals surface area contributed by atoms with Gasteiger partial charge in [-0.25, -0.2) is 24.7 Å². The van der Waals surface area contributed by atoms with Crippen molar-refractivity contribution >= 4 is 190 Å². The van der Waals surface area contributed by atoms with E-state index >= 15 is 0 Å². The molecule has 2 amide bonds. The highest BCUT2D eigenvalue weighted by Crippen LogP contribution is 2.44. The van der Waals surface area contributed by atoms with Crippen LogP contribution < -0.4 is 65.5 Å². The average molecular weight is 1740 g/mol. The summed E-state index contributed by atoms with van der Waals surface area (Å²) in [4.78, 5) is 46.5. The molecule has 20 heteroatoms. The molecule has 1 unspecified atom stereocenters. The highest BCUT2D eigenvalue weighted by molar-refractivity contribution is 6.14. The van der Waals surface area contributed by atoms with Crippen molar-refractivity contribution in [2.75, 3.05) is 93.9 Å². The summed E-state index contributed by atoms with van der Waals surface area (Å²) in [5.41, 5.74) is 59.5. The van der Waals surface area contributed by atoms with Crippen LogP contribution >= 0.6 is 0 Å². The molecule has 2 aliphatic rings. The van der Waals surface area contributed by atoms with Crippen LogP contribution in [0, 0.1) is 62.3 Å². The van der Waals surface area contributed by atoms with Crippen molar-refractivity contribution in [3.63, 3.8) is 0 Å². The first-order valence-corrected chi connectivity index (χ1v) is 44.3. The van der Waals surface area contributed by atoms with Crippen LogP contribution in [-0.4, -0.2) is 76.7 Å². The van der Waals surface area contributed by atoms with Crippen LogP contribution in [-0.2, 0) is 9.53 Å². The number of hydrogen-bond donors (Lipinski definition) is 12. The van der Waals surface area contributed by atoms with Gasteiger partial charge in [0.25, 0.3) is 0 Å². The van der Waals surface area contributed by atoms with Gasteiger partial charge in [-0.05, 0) is 237 Å². The van der Waals surface area contributed by atoms with E-state index in [1.165, 1.54) is 16.7 Å². The van der Waals surface area contributed by atoms with Gasteiger partial charge in [-0.2, -0.15) is 0 Å². The number of rotatable bonds is 16. The number of hydrogen-bond acceptors (Lipinski definition) is 18. The zero-order chi connectivity index (χ0) is 92.4. The Labute approximate surface area is 769 Å². The van der Waals surface area contributed by atoms with Crippen LogP contribution in [0.3, 0.4) is 0 Å². The number of carbonyl (C=O) groups excluding carboxylic acids is 2. The molecule has 1 aliphatic heterocycles. The van der Waals surface area contributed by atoms with Gasteiger partial charge in [0.2, 0.25) is 5.91 Å². The quantitative estimate of drug-likeness (QED) is 0.0316. The fourth-order valence-electron chi connectivity index (χ4n) is 16.8. The summed E-state index contributed by atoms with van der Waals surface area (Å²) in [6.45, 7) is 21.9. The summed E-state index contributed by atoms with van der Waals surface area (Å²) in [7, 11) is 3.96. The van der Waals surface area contributed by atoms with E-state index in [9.17, 15) is 9.59 Å². The number of amides is 2. The second-order valence-corrected chi connectivity index (χ2v) is 33.8. The van der Waals surface area contributed by atoms with E-state index in [0.717, 1.165) is 224 Å². The molecule has 4 aromatic heterocycles. The second-order valence-electron chi connectivity index (χ2n) is 33.8. The second kappa shape index (κ2) is 39.5. The van der Waals surface area contributed by atoms with Gasteiger partial charge in [0.1, 0.15) is 0 Å². The highest BCUT2D eigenvalue weighted by Gasteiger charge is 2.34. The van der Waals surface area contributed by atoms with Crippen LogP contribution in [0.15, 0.2) is 314 Å². The molecule has 1 atom stereocenters. The zero-order valence-corrected chi connectivity index (χ0v) is 76.3. The number of ether oxygens (including phenoxy) is 1. The third-order valence-corrected chi connectivity index (χ3v) is 23.6. The molecule has 16 N–H and O–H groups in total. The minimum absolute atomic E-state index is 0.0890. The van der Waals surface area contributed by atoms with Gasteiger partial charge in [-0.3, -0.25) is 10.1 Å². The molecule has 0 bridgehead atoms. The molecular formula is C112H109N17O3. The molecule has 0 saturated heterocycles. The van der Waals surface area contributed by atoms with Crippen molar-refractivity contribution in [1.29, 1.82) is 0 Å². The maximum atomic E-state index is 13.2. The van der Waals surface area contributed by atoms with Gasteiger partial charge in [0.05, 0.1) is 85.2 Å². The number of likely N-dealkylation sites (N-methyl/N-ethyl adjacent to an activating group) is 1. The summed E-state index contributed by atoms with van der Waals surface area (Å²) in [5.74, 6) is -0.0890. The highest BCUT2D eigenvalue weighted by atomic mass is 16.5. The Balaban J connectivity index is 0.000000122. The van der Waals surface area contributed by atoms with Crippen molar-refractivity contribution in [3.05, 3.63) is 370 Å². The molecule has 0 radical (unpaired) electrons. The molecule has 660 valence electrons. The molecule has 14 aromatic carbocycles. The Morgan fingerprint density at radius 1 is 0.394 bits per heavy atom. The standard InChI is InChI=1S/C29H35N5O3.3C21H19N3.C20H17N3/c1-6-37-29(36)32-24-17-20(14-13-18(24)2)31-26-21-10-7-9-19(3)25(21)33-27-22(26)11-8-12-23(27)28(35)30-15-16-34(4)5;1-13-10-15(22)12-16(11-13)23-21-17-7-3-4-9-19(17)24-20-14(2)6-5-8-18(20)21;1-13-10-11-15(12-18(13)22)23-21-16-7-3-4-9-19(16)24-20-14(2)6-5-8-17(20)21;1-13-10-11-15(22)12-19(13)24-21-16-7-3-4-9-18(16)23-20-14(2)6-5-8-17(20)21;1-13-10-14(21)12-15(11-13)22-20-16-6-2-4-8-18(16)23-19-9-5-3-7-17(19)20/h7-14,17,27,31,33H,6,15-16H2,1-5H3,(H,30,35)(H,32,36);3*3-12H,22H2,1-2H3,(H,23,24);2-12H,21H2,1H3,(H,22,23). The van der Waals surface area contributed by atoms with Gasteiger partial charge in [-0.15, -0.1) is 0 Å². The van der Waals surface area contributed by atoms with E-state index in [2.05, 4.69) is 218 Å². The summed E-state index contributed by atoms with van der Waals surface area (Å²) in [5, 5.41) is 36.2. The Morgan fingerprint density at radius 2 is 0.818 bits per heavy atom. The monoisotopic (exact) mass is 1740 g/mol. The molecule has 0 spiro atoms. The minimum atomic E-state index is -0.488. The lowest BCUT2D eigenvalue weighted by molar-refractivity contribution is -0.117. The van der Waals surface area contributed by atoms with E-state index in [1.54, 1.807) is 6.92 Å². The smallest absolute Gasteiger partial charge is 0.411 e. The van der Waals surface area contributed by atoms with Crippen molar-refractivity contribution in [2.24, 2.45) is 0 Å². The molecule has 20 rings (SSSR count). The maximum absolute atomic E-state index is 13.2. The summed E-state index contributed by atoms with van der Waals surface area (Å²) >= 11 is 0. The lowest BCUT2D eigenvalue weighted by Crippen LogP contribution is -2.40. The Hall–Kier alpha value is -16.3. The number of nitrogens with zero attached hydrogens (tertiary/aromatic N) is 5. The SMILES string of the molecule is CCOC(=O)Nc1cc(NC2=C3C=CC=C(C(=O)NCCN(C)C)C3Nc3c(C)cccc32)ccc1C.Cc1cc(N)cc(Nc2c3ccccc3nc3c(C)cccc23)c1.Cc1cc(N)cc(Nc2c3ccccc3nc3ccccc23)c1.Cc1ccc(N)cc1Nc1c2ccccc2nc2c(C)cccc12.Cc1ccc(Nc2c3ccccc3nc3c(C)cccc23)cc1N. The fraction of sp³-hybridized carbons (Fsp3) is 0.143. The van der Waals surface area contributed by atoms with E-state index < -0.39 is 6.09 Å². The topological polar surface area (TPSA) is 298 Å². The fourth-order valence-corrected chi connectivity index (χ4v) is 16.8. The summed E-state index contributed by atoms with van der Waals surface area (Å²) in [6.07, 6.45) is 5.34. The van der Waals surface area contributed by atoms with Crippen molar-refractivity contribution in [3.8, 4) is 0 Å². The maximum Gasteiger partial charge on any atom is 0.411 e. The van der Waals surface area contributed by atoms with E-state index in [1.807, 2.05) is 210 Å². The van der Waals surface area contributed by atoms with Crippen LogP contribution in [0.5, 0.6) is 0 Å². The predicted molar refractivity (Wildman–Crippen MR) is 556 cm³/mol. The van der Waals surface area contributed by atoms with Gasteiger partial charge in [0, 0.05) is 135 Å². The Bertz CT molecular complexity index is 7490. The number of pyridine rings is 4. The first-order chi connectivity index (χ1) is 63.9.